The normalized spacial score (nSPS) is 32.2. The van der Waals surface area contributed by atoms with Crippen molar-refractivity contribution in [3.05, 3.63) is 70.8 Å². The molecule has 0 spiro atoms. The van der Waals surface area contributed by atoms with Crippen LogP contribution in [0, 0.1) is 11.8 Å². The number of epoxide rings is 1. The third-order valence-corrected chi connectivity index (χ3v) is 9.84. The molecule has 11 heteroatoms. The van der Waals surface area contributed by atoms with Gasteiger partial charge in [-0.15, -0.1) is 0 Å². The number of carbonyl (C=O) groups is 2. The summed E-state index contributed by atoms with van der Waals surface area (Å²) in [5, 5.41) is 37.6. The van der Waals surface area contributed by atoms with Crippen LogP contribution < -0.4 is 5.32 Å². The molecule has 10 nitrogen and oxygen atoms in total. The molecule has 0 saturated carbocycles. The second kappa shape index (κ2) is 18.1. The van der Waals surface area contributed by atoms with Crippen LogP contribution in [0.3, 0.4) is 0 Å². The van der Waals surface area contributed by atoms with Gasteiger partial charge in [0, 0.05) is 37.4 Å². The van der Waals surface area contributed by atoms with E-state index in [1.165, 1.54) is 13.8 Å². The molecule has 0 amide bonds. The summed E-state index contributed by atoms with van der Waals surface area (Å²) in [6, 6.07) is 7.06. The van der Waals surface area contributed by atoms with E-state index < -0.39 is 47.5 Å². The standard InChI is InChI=1S/C38H56ClNO9/c1-9-30(46-8)25(4)34-35(49-34)36(40-22-27-13-10-14-28(39)20-27)38(7,45)18-11-12-23(2)33-24(3)15-16-31(47-26(5)41)37(6,44)19-17-29(42)21-32(43)48-33/h10-16,18,20,24-25,29-31,33-36,40,42,44-45H,9,17,19,21-22H2,1-8H3/b16-15+,18-11+,23-12+/t24-,25+,29+,30-,31-,33?,34+,35-,36?,37+,38?/m0/s1. The predicted octanol–water partition coefficient (Wildman–Crippen LogP) is 5.21. The maximum Gasteiger partial charge on any atom is 0.309 e. The third-order valence-electron chi connectivity index (χ3n) is 9.60. The summed E-state index contributed by atoms with van der Waals surface area (Å²) >= 11 is 6.22. The SMILES string of the molecule is CC[C@H](OC)[C@@H](C)[C@H]1O[C@@H]1C(NCc1cccc(Cl)c1)C(C)(O)/C=C/C=C(\C)C1OC(=O)C[C@H](O)CC[C@@](C)(O)[C@@H](OC(C)=O)/C=C/[C@@H]1C. The summed E-state index contributed by atoms with van der Waals surface area (Å²) in [7, 11) is 1.70. The summed E-state index contributed by atoms with van der Waals surface area (Å²) in [6.45, 7) is 12.8. The van der Waals surface area contributed by atoms with E-state index >= 15 is 0 Å². The van der Waals surface area contributed by atoms with Crippen LogP contribution in [-0.2, 0) is 35.1 Å². The molecule has 3 rings (SSSR count). The van der Waals surface area contributed by atoms with Crippen LogP contribution in [0.25, 0.3) is 0 Å². The second-order valence-corrected chi connectivity index (χ2v) is 14.5. The molecule has 1 fully saturated rings. The van der Waals surface area contributed by atoms with Crippen LogP contribution in [0.2, 0.25) is 5.02 Å². The summed E-state index contributed by atoms with van der Waals surface area (Å²) in [4.78, 5) is 24.7. The number of rotatable bonds is 13. The molecule has 4 N–H and O–H groups in total. The Morgan fingerprint density at radius 2 is 1.98 bits per heavy atom. The molecule has 3 unspecified atom stereocenters. The van der Waals surface area contributed by atoms with E-state index in [4.69, 9.17) is 30.5 Å². The van der Waals surface area contributed by atoms with Crippen molar-refractivity contribution in [1.29, 1.82) is 0 Å². The number of benzene rings is 1. The van der Waals surface area contributed by atoms with Crippen LogP contribution in [0.1, 0.15) is 79.7 Å². The fourth-order valence-corrected chi connectivity index (χ4v) is 6.76. The van der Waals surface area contributed by atoms with Gasteiger partial charge in [-0.05, 0) is 69.4 Å². The van der Waals surface area contributed by atoms with Crippen molar-refractivity contribution in [3.63, 3.8) is 0 Å². The van der Waals surface area contributed by atoms with E-state index in [9.17, 15) is 24.9 Å². The molecule has 0 bridgehead atoms. The summed E-state index contributed by atoms with van der Waals surface area (Å²) < 4.78 is 23.1. The van der Waals surface area contributed by atoms with Gasteiger partial charge in [0.2, 0.25) is 0 Å². The zero-order chi connectivity index (χ0) is 36.5. The van der Waals surface area contributed by atoms with Gasteiger partial charge in [0.15, 0.2) is 0 Å². The maximum absolute atomic E-state index is 12.9. The Morgan fingerprint density at radius 3 is 2.61 bits per heavy atom. The van der Waals surface area contributed by atoms with Gasteiger partial charge in [0.1, 0.15) is 23.9 Å². The number of aliphatic hydroxyl groups excluding tert-OH is 1. The van der Waals surface area contributed by atoms with Crippen LogP contribution in [-0.4, -0.2) is 88.2 Å². The first kappa shape index (κ1) is 40.9. The van der Waals surface area contributed by atoms with E-state index in [0.717, 1.165) is 12.0 Å². The highest BCUT2D eigenvalue weighted by molar-refractivity contribution is 6.30. The van der Waals surface area contributed by atoms with Crippen molar-refractivity contribution in [2.45, 2.75) is 135 Å². The average Bonchev–Trinajstić information content (AvgIpc) is 3.81. The average molecular weight is 706 g/mol. The molecule has 274 valence electrons. The number of methoxy groups -OCH3 is 1. The van der Waals surface area contributed by atoms with Crippen molar-refractivity contribution >= 4 is 23.5 Å². The molecule has 49 heavy (non-hydrogen) atoms. The van der Waals surface area contributed by atoms with Crippen molar-refractivity contribution in [2.24, 2.45) is 11.8 Å². The van der Waals surface area contributed by atoms with Gasteiger partial charge < -0.3 is 39.6 Å². The van der Waals surface area contributed by atoms with Crippen LogP contribution in [0.5, 0.6) is 0 Å². The first-order chi connectivity index (χ1) is 23.0. The number of ether oxygens (including phenoxy) is 4. The highest BCUT2D eigenvalue weighted by Crippen LogP contribution is 2.39. The van der Waals surface area contributed by atoms with Crippen LogP contribution >= 0.6 is 11.6 Å². The monoisotopic (exact) mass is 705 g/mol. The Balaban J connectivity index is 1.87. The van der Waals surface area contributed by atoms with Gasteiger partial charge in [-0.3, -0.25) is 9.59 Å². The number of allylic oxidation sites excluding steroid dienone is 2. The number of hydrogen-bond donors (Lipinski definition) is 4. The van der Waals surface area contributed by atoms with E-state index in [1.807, 2.05) is 38.1 Å². The van der Waals surface area contributed by atoms with Gasteiger partial charge in [-0.25, -0.2) is 0 Å². The first-order valence-corrected chi connectivity index (χ1v) is 17.6. The number of aliphatic hydroxyl groups is 3. The minimum atomic E-state index is -1.46. The molecule has 0 aromatic heterocycles. The zero-order valence-electron chi connectivity index (χ0n) is 30.1. The van der Waals surface area contributed by atoms with E-state index in [0.29, 0.717) is 17.1 Å². The molecule has 2 aliphatic heterocycles. The van der Waals surface area contributed by atoms with Gasteiger partial charge in [0.25, 0.3) is 0 Å². The zero-order valence-corrected chi connectivity index (χ0v) is 30.9. The number of cyclic esters (lactones) is 1. The number of esters is 2. The number of halogens is 1. The Hall–Kier alpha value is -2.57. The molecule has 1 aromatic rings. The Morgan fingerprint density at radius 1 is 1.27 bits per heavy atom. The first-order valence-electron chi connectivity index (χ1n) is 17.2. The number of carbonyl (C=O) groups excluding carboxylic acids is 2. The molecule has 0 radical (unpaired) electrons. The molecular weight excluding hydrogens is 650 g/mol. The topological polar surface area (TPSA) is 147 Å². The van der Waals surface area contributed by atoms with Crippen LogP contribution in [0.4, 0.5) is 0 Å². The Labute approximate surface area is 296 Å². The summed E-state index contributed by atoms with van der Waals surface area (Å²) in [5.41, 5.74) is -1.16. The minimum Gasteiger partial charge on any atom is -0.457 e. The molecule has 0 aliphatic carbocycles. The Kier molecular flexibility index (Phi) is 15.1. The van der Waals surface area contributed by atoms with Crippen molar-refractivity contribution in [3.8, 4) is 0 Å². The van der Waals surface area contributed by atoms with Gasteiger partial charge >= 0.3 is 11.9 Å². The molecule has 11 atom stereocenters. The number of hydrogen-bond acceptors (Lipinski definition) is 10. The number of nitrogens with one attached hydrogen (secondary N) is 1. The summed E-state index contributed by atoms with van der Waals surface area (Å²) in [5.74, 6) is -1.39. The van der Waals surface area contributed by atoms with E-state index in [-0.39, 0.29) is 49.4 Å². The lowest BCUT2D eigenvalue weighted by molar-refractivity contribution is -0.157. The smallest absolute Gasteiger partial charge is 0.309 e. The minimum absolute atomic E-state index is 0.0240. The van der Waals surface area contributed by atoms with Crippen molar-refractivity contribution in [1.82, 2.24) is 5.32 Å². The molecule has 2 heterocycles. The van der Waals surface area contributed by atoms with E-state index in [2.05, 4.69) is 19.2 Å². The quantitative estimate of drug-likeness (QED) is 0.0934. The fourth-order valence-electron chi connectivity index (χ4n) is 6.55. The van der Waals surface area contributed by atoms with Crippen LogP contribution in [0.15, 0.2) is 60.2 Å². The van der Waals surface area contributed by atoms with Gasteiger partial charge in [-0.2, -0.15) is 0 Å². The summed E-state index contributed by atoms with van der Waals surface area (Å²) in [6.07, 6.45) is 6.28. The van der Waals surface area contributed by atoms with Gasteiger partial charge in [-0.1, -0.05) is 68.8 Å². The van der Waals surface area contributed by atoms with Gasteiger partial charge in [0.05, 0.1) is 36.4 Å². The highest BCUT2D eigenvalue weighted by atomic mass is 35.5. The largest absolute Gasteiger partial charge is 0.457 e. The van der Waals surface area contributed by atoms with Crippen molar-refractivity contribution < 1.29 is 43.9 Å². The molecule has 1 aromatic carbocycles. The van der Waals surface area contributed by atoms with E-state index in [1.54, 1.807) is 44.4 Å². The third kappa shape index (κ3) is 12.0. The van der Waals surface area contributed by atoms with Crippen molar-refractivity contribution in [2.75, 3.05) is 7.11 Å². The lowest BCUT2D eigenvalue weighted by Crippen LogP contribution is -2.52. The lowest BCUT2D eigenvalue weighted by atomic mass is 9.87. The highest BCUT2D eigenvalue weighted by Gasteiger charge is 2.54. The molecule has 1 saturated heterocycles. The second-order valence-electron chi connectivity index (χ2n) is 14.0. The lowest BCUT2D eigenvalue weighted by Gasteiger charge is -2.32. The molecule has 2 aliphatic rings. The maximum atomic E-state index is 12.9. The Bertz CT molecular complexity index is 1340. The fraction of sp³-hybridized carbons (Fsp3) is 0.632. The predicted molar refractivity (Wildman–Crippen MR) is 189 cm³/mol. The molecular formula is C38H56ClNO9.